The number of nitrogens with zero attached hydrogens (tertiary/aromatic N) is 1. The average molecular weight is 519 g/mol. The Labute approximate surface area is 193 Å². The van der Waals surface area contributed by atoms with E-state index in [1.54, 1.807) is 7.11 Å². The van der Waals surface area contributed by atoms with Gasteiger partial charge in [0.2, 0.25) is 0 Å². The normalized spacial score (nSPS) is 16.2. The van der Waals surface area contributed by atoms with E-state index in [1.165, 1.54) is 5.56 Å². The monoisotopic (exact) mass is 519 g/mol. The second kappa shape index (κ2) is 14.0. The maximum Gasteiger partial charge on any atom is 0.191 e. The maximum atomic E-state index is 5.63. The first-order valence-corrected chi connectivity index (χ1v) is 10.3. The van der Waals surface area contributed by atoms with E-state index in [4.69, 9.17) is 14.2 Å². The molecule has 7 heteroatoms. The Kier molecular flexibility index (Phi) is 12.6. The zero-order valence-electron chi connectivity index (χ0n) is 18.3. The van der Waals surface area contributed by atoms with Gasteiger partial charge in [0.05, 0.1) is 7.11 Å². The number of aliphatic imine (C=N–C) groups is 1. The predicted molar refractivity (Wildman–Crippen MR) is 130 cm³/mol. The molecule has 1 fully saturated rings. The number of hydrogen-bond donors (Lipinski definition) is 2. The van der Waals surface area contributed by atoms with Gasteiger partial charge in [0.25, 0.3) is 0 Å². The number of guanidine groups is 1. The topological polar surface area (TPSA) is 64.1 Å². The Morgan fingerprint density at radius 1 is 1.17 bits per heavy atom. The van der Waals surface area contributed by atoms with Crippen molar-refractivity contribution in [2.75, 3.05) is 53.7 Å². The molecule has 0 aromatic heterocycles. The van der Waals surface area contributed by atoms with Crippen LogP contribution in [0.3, 0.4) is 0 Å². The molecular weight excluding hydrogens is 481 g/mol. The predicted octanol–water partition coefficient (Wildman–Crippen LogP) is 3.59. The minimum Gasteiger partial charge on any atom is -0.497 e. The Bertz CT molecular complexity index is 587. The first-order valence-electron chi connectivity index (χ1n) is 10.3. The van der Waals surface area contributed by atoms with Gasteiger partial charge in [-0.3, -0.25) is 4.99 Å². The Balaban J connectivity index is 0.00000420. The first kappa shape index (κ1) is 26.0. The van der Waals surface area contributed by atoms with Crippen molar-refractivity contribution in [3.63, 3.8) is 0 Å². The summed E-state index contributed by atoms with van der Waals surface area (Å²) in [6, 6.07) is 8.43. The molecule has 1 heterocycles. The molecule has 0 unspecified atom stereocenters. The van der Waals surface area contributed by atoms with Crippen molar-refractivity contribution in [2.24, 2.45) is 10.9 Å². The third kappa shape index (κ3) is 8.68. The molecule has 0 aliphatic carbocycles. The summed E-state index contributed by atoms with van der Waals surface area (Å²) in [4.78, 5) is 4.37. The zero-order valence-corrected chi connectivity index (χ0v) is 20.7. The highest BCUT2D eigenvalue weighted by Gasteiger charge is 2.34. The van der Waals surface area contributed by atoms with E-state index < -0.39 is 0 Å². The summed E-state index contributed by atoms with van der Waals surface area (Å²) in [5.74, 6) is 2.30. The summed E-state index contributed by atoms with van der Waals surface area (Å²) in [5, 5.41) is 6.92. The molecule has 0 spiro atoms. The van der Waals surface area contributed by atoms with Crippen molar-refractivity contribution in [1.82, 2.24) is 10.6 Å². The van der Waals surface area contributed by atoms with Crippen LogP contribution in [0, 0.1) is 5.92 Å². The van der Waals surface area contributed by atoms with Gasteiger partial charge in [-0.2, -0.15) is 0 Å². The Hall–Kier alpha value is -1.06. The van der Waals surface area contributed by atoms with Crippen LogP contribution in [0.25, 0.3) is 0 Å². The zero-order chi connectivity index (χ0) is 20.2. The molecule has 0 bridgehead atoms. The SMILES string of the molecule is CN=C(NCCCOCC(C)C)NCC1(c2ccc(OC)cc2)CCOCC1.I. The van der Waals surface area contributed by atoms with Crippen LogP contribution in [-0.4, -0.2) is 59.6 Å². The fraction of sp³-hybridized carbons (Fsp3) is 0.682. The van der Waals surface area contributed by atoms with E-state index in [0.717, 1.165) is 70.5 Å². The van der Waals surface area contributed by atoms with Gasteiger partial charge in [-0.05, 0) is 42.9 Å². The third-order valence-electron chi connectivity index (χ3n) is 5.18. The molecular formula is C22H38IN3O3. The lowest BCUT2D eigenvalue weighted by Gasteiger charge is -2.38. The molecule has 1 saturated heterocycles. The molecule has 0 amide bonds. The quantitative estimate of drug-likeness (QED) is 0.214. The maximum absolute atomic E-state index is 5.63. The second-order valence-electron chi connectivity index (χ2n) is 7.80. The molecule has 166 valence electrons. The average Bonchev–Trinajstić information content (AvgIpc) is 2.73. The fourth-order valence-corrected chi connectivity index (χ4v) is 3.45. The molecule has 29 heavy (non-hydrogen) atoms. The third-order valence-corrected chi connectivity index (χ3v) is 5.18. The lowest BCUT2D eigenvalue weighted by atomic mass is 9.74. The highest BCUT2D eigenvalue weighted by atomic mass is 127. The number of nitrogens with one attached hydrogen (secondary N) is 2. The highest BCUT2D eigenvalue weighted by Crippen LogP contribution is 2.35. The number of hydrogen-bond acceptors (Lipinski definition) is 4. The summed E-state index contributed by atoms with van der Waals surface area (Å²) >= 11 is 0. The van der Waals surface area contributed by atoms with Gasteiger partial charge in [0.1, 0.15) is 5.75 Å². The minimum absolute atomic E-state index is 0. The van der Waals surface area contributed by atoms with Gasteiger partial charge in [0.15, 0.2) is 5.96 Å². The van der Waals surface area contributed by atoms with Gasteiger partial charge in [-0.1, -0.05) is 26.0 Å². The van der Waals surface area contributed by atoms with Crippen LogP contribution in [0.2, 0.25) is 0 Å². The van der Waals surface area contributed by atoms with Crippen LogP contribution in [0.4, 0.5) is 0 Å². The fourth-order valence-electron chi connectivity index (χ4n) is 3.45. The van der Waals surface area contributed by atoms with Crippen molar-refractivity contribution in [3.05, 3.63) is 29.8 Å². The molecule has 0 saturated carbocycles. The summed E-state index contributed by atoms with van der Waals surface area (Å²) in [7, 11) is 3.51. The molecule has 2 rings (SSSR count). The number of ether oxygens (including phenoxy) is 3. The molecule has 1 aliphatic heterocycles. The summed E-state index contributed by atoms with van der Waals surface area (Å²) in [6.45, 7) is 9.16. The minimum atomic E-state index is 0. The number of methoxy groups -OCH3 is 1. The lowest BCUT2D eigenvalue weighted by Crippen LogP contribution is -2.48. The Morgan fingerprint density at radius 3 is 2.45 bits per heavy atom. The van der Waals surface area contributed by atoms with E-state index in [9.17, 15) is 0 Å². The molecule has 0 radical (unpaired) electrons. The molecule has 1 aromatic rings. The highest BCUT2D eigenvalue weighted by molar-refractivity contribution is 14.0. The number of rotatable bonds is 10. The van der Waals surface area contributed by atoms with Gasteiger partial charge < -0.3 is 24.8 Å². The molecule has 0 atom stereocenters. The largest absolute Gasteiger partial charge is 0.497 e. The van der Waals surface area contributed by atoms with Crippen LogP contribution < -0.4 is 15.4 Å². The smallest absolute Gasteiger partial charge is 0.191 e. The van der Waals surface area contributed by atoms with Crippen LogP contribution in [0.5, 0.6) is 5.75 Å². The molecule has 1 aromatic carbocycles. The molecule has 2 N–H and O–H groups in total. The standard InChI is InChI=1S/C22H37N3O3.HI/c1-18(2)16-28-13-5-12-24-21(23-3)25-17-22(10-14-27-15-11-22)19-6-8-20(26-4)9-7-19;/h6-9,18H,5,10-17H2,1-4H3,(H2,23,24,25);1H. The number of benzene rings is 1. The number of halogens is 1. The van der Waals surface area contributed by atoms with Crippen molar-refractivity contribution >= 4 is 29.9 Å². The van der Waals surface area contributed by atoms with Crippen LogP contribution in [0.1, 0.15) is 38.7 Å². The van der Waals surface area contributed by atoms with Crippen molar-refractivity contribution in [3.8, 4) is 5.75 Å². The first-order chi connectivity index (χ1) is 13.6. The summed E-state index contributed by atoms with van der Waals surface area (Å²) in [5.41, 5.74) is 1.37. The second-order valence-corrected chi connectivity index (χ2v) is 7.80. The van der Waals surface area contributed by atoms with Crippen molar-refractivity contribution in [2.45, 2.75) is 38.5 Å². The lowest BCUT2D eigenvalue weighted by molar-refractivity contribution is 0.0513. The van der Waals surface area contributed by atoms with Crippen molar-refractivity contribution in [1.29, 1.82) is 0 Å². The molecule has 1 aliphatic rings. The summed E-state index contributed by atoms with van der Waals surface area (Å²) < 4.78 is 16.6. The van der Waals surface area contributed by atoms with E-state index in [1.807, 2.05) is 19.2 Å². The van der Waals surface area contributed by atoms with Gasteiger partial charge in [-0.15, -0.1) is 24.0 Å². The van der Waals surface area contributed by atoms with E-state index in [2.05, 4.69) is 41.6 Å². The van der Waals surface area contributed by atoms with E-state index >= 15 is 0 Å². The Morgan fingerprint density at radius 2 is 1.86 bits per heavy atom. The van der Waals surface area contributed by atoms with Crippen LogP contribution >= 0.6 is 24.0 Å². The van der Waals surface area contributed by atoms with E-state index in [0.29, 0.717) is 5.92 Å². The van der Waals surface area contributed by atoms with Crippen LogP contribution in [0.15, 0.2) is 29.3 Å². The van der Waals surface area contributed by atoms with Gasteiger partial charge in [-0.25, -0.2) is 0 Å². The van der Waals surface area contributed by atoms with Crippen LogP contribution in [-0.2, 0) is 14.9 Å². The van der Waals surface area contributed by atoms with Gasteiger partial charge in [0, 0.05) is 52.0 Å². The summed E-state index contributed by atoms with van der Waals surface area (Å²) in [6.07, 6.45) is 2.95. The van der Waals surface area contributed by atoms with E-state index in [-0.39, 0.29) is 29.4 Å². The van der Waals surface area contributed by atoms with Crippen molar-refractivity contribution < 1.29 is 14.2 Å². The van der Waals surface area contributed by atoms with Gasteiger partial charge >= 0.3 is 0 Å². The molecule has 6 nitrogen and oxygen atoms in total.